The van der Waals surface area contributed by atoms with Crippen molar-refractivity contribution in [2.45, 2.75) is 0 Å². The van der Waals surface area contributed by atoms with Crippen molar-refractivity contribution in [3.05, 3.63) is 107 Å². The third-order valence-corrected chi connectivity index (χ3v) is 6.66. The van der Waals surface area contributed by atoms with Gasteiger partial charge in [0, 0.05) is 16.1 Å². The number of para-hydroxylation sites is 1. The van der Waals surface area contributed by atoms with E-state index in [0.29, 0.717) is 26.9 Å². The third kappa shape index (κ3) is 4.13. The quantitative estimate of drug-likeness (QED) is 0.285. The van der Waals surface area contributed by atoms with Crippen molar-refractivity contribution in [3.8, 4) is 21.7 Å². The SMILES string of the molecule is O=C(Nc1c(Cl)cc(Cl)cc1-c1nc2ccccc2s1)c1ccc(-c2ccccc2)cc1. The number of benzene rings is 4. The van der Waals surface area contributed by atoms with Gasteiger partial charge in [0.1, 0.15) is 5.01 Å². The van der Waals surface area contributed by atoms with Crippen molar-refractivity contribution in [2.24, 2.45) is 0 Å². The number of thiazole rings is 1. The molecule has 4 aromatic carbocycles. The van der Waals surface area contributed by atoms with Crippen LogP contribution in [0.5, 0.6) is 0 Å². The van der Waals surface area contributed by atoms with E-state index in [1.807, 2.05) is 66.7 Å². The van der Waals surface area contributed by atoms with E-state index in [4.69, 9.17) is 28.2 Å². The number of nitrogens with zero attached hydrogens (tertiary/aromatic N) is 1. The summed E-state index contributed by atoms with van der Waals surface area (Å²) in [6, 6.07) is 28.8. The number of anilines is 1. The summed E-state index contributed by atoms with van der Waals surface area (Å²) in [6.45, 7) is 0. The fraction of sp³-hybridized carbons (Fsp3) is 0. The Hall–Kier alpha value is -3.18. The molecule has 1 amide bonds. The number of halogens is 2. The number of nitrogens with one attached hydrogen (secondary N) is 1. The lowest BCUT2D eigenvalue weighted by Gasteiger charge is -2.13. The average Bonchev–Trinajstić information content (AvgIpc) is 3.25. The minimum atomic E-state index is -0.254. The Kier molecular flexibility index (Phi) is 5.66. The first-order chi connectivity index (χ1) is 15.6. The van der Waals surface area contributed by atoms with Crippen LogP contribution in [0.25, 0.3) is 31.9 Å². The molecule has 0 spiro atoms. The van der Waals surface area contributed by atoms with Crippen molar-refractivity contribution in [1.29, 1.82) is 0 Å². The predicted molar refractivity (Wildman–Crippen MR) is 135 cm³/mol. The smallest absolute Gasteiger partial charge is 0.255 e. The average molecular weight is 475 g/mol. The van der Waals surface area contributed by atoms with Crippen LogP contribution >= 0.6 is 34.5 Å². The number of hydrogen-bond donors (Lipinski definition) is 1. The topological polar surface area (TPSA) is 42.0 Å². The minimum Gasteiger partial charge on any atom is -0.320 e. The molecule has 0 unspecified atom stereocenters. The van der Waals surface area contributed by atoms with Gasteiger partial charge >= 0.3 is 0 Å². The Balaban J connectivity index is 1.48. The van der Waals surface area contributed by atoms with Gasteiger partial charge in [-0.05, 0) is 47.5 Å². The van der Waals surface area contributed by atoms with Crippen molar-refractivity contribution in [1.82, 2.24) is 4.98 Å². The zero-order chi connectivity index (χ0) is 22.1. The van der Waals surface area contributed by atoms with Gasteiger partial charge in [-0.25, -0.2) is 4.98 Å². The number of hydrogen-bond acceptors (Lipinski definition) is 3. The Morgan fingerprint density at radius 3 is 2.25 bits per heavy atom. The van der Waals surface area contributed by atoms with Gasteiger partial charge in [-0.1, -0.05) is 77.8 Å². The molecule has 1 N–H and O–H groups in total. The summed E-state index contributed by atoms with van der Waals surface area (Å²) in [5.41, 5.74) is 4.74. The molecule has 0 aliphatic carbocycles. The minimum absolute atomic E-state index is 0.254. The third-order valence-electron chi connectivity index (χ3n) is 5.07. The van der Waals surface area contributed by atoms with E-state index in [0.717, 1.165) is 26.4 Å². The normalized spacial score (nSPS) is 10.9. The highest BCUT2D eigenvalue weighted by atomic mass is 35.5. The van der Waals surface area contributed by atoms with Gasteiger partial charge in [-0.15, -0.1) is 11.3 Å². The molecule has 1 aromatic heterocycles. The lowest BCUT2D eigenvalue weighted by atomic mass is 10.0. The van der Waals surface area contributed by atoms with E-state index < -0.39 is 0 Å². The molecular weight excluding hydrogens is 459 g/mol. The van der Waals surface area contributed by atoms with Crippen LogP contribution in [-0.2, 0) is 0 Å². The summed E-state index contributed by atoms with van der Waals surface area (Å²) in [6.07, 6.45) is 0. The van der Waals surface area contributed by atoms with Gasteiger partial charge in [-0.2, -0.15) is 0 Å². The fourth-order valence-corrected chi connectivity index (χ4v) is 5.02. The van der Waals surface area contributed by atoms with Gasteiger partial charge in [-0.3, -0.25) is 4.79 Å². The first-order valence-corrected chi connectivity index (χ1v) is 11.5. The zero-order valence-corrected chi connectivity index (χ0v) is 19.0. The molecule has 0 atom stereocenters. The van der Waals surface area contributed by atoms with Crippen LogP contribution in [0.2, 0.25) is 10.0 Å². The molecule has 0 fully saturated rings. The van der Waals surface area contributed by atoms with Crippen molar-refractivity contribution in [3.63, 3.8) is 0 Å². The molecule has 0 saturated carbocycles. The maximum atomic E-state index is 13.0. The number of aromatic nitrogens is 1. The lowest BCUT2D eigenvalue weighted by Crippen LogP contribution is -2.13. The molecule has 3 nitrogen and oxygen atoms in total. The van der Waals surface area contributed by atoms with Crippen LogP contribution in [0, 0.1) is 0 Å². The molecule has 0 bridgehead atoms. The first-order valence-electron chi connectivity index (χ1n) is 9.90. The van der Waals surface area contributed by atoms with Gasteiger partial charge in [0.05, 0.1) is 20.9 Å². The van der Waals surface area contributed by atoms with Crippen molar-refractivity contribution < 1.29 is 4.79 Å². The monoisotopic (exact) mass is 474 g/mol. The van der Waals surface area contributed by atoms with E-state index in [1.165, 1.54) is 11.3 Å². The summed E-state index contributed by atoms with van der Waals surface area (Å²) in [5, 5.41) is 4.55. The van der Waals surface area contributed by atoms with Crippen molar-refractivity contribution in [2.75, 3.05) is 5.32 Å². The maximum Gasteiger partial charge on any atom is 0.255 e. The van der Waals surface area contributed by atoms with E-state index in [9.17, 15) is 4.79 Å². The summed E-state index contributed by atoms with van der Waals surface area (Å²) in [7, 11) is 0. The van der Waals surface area contributed by atoms with Crippen LogP contribution in [0.3, 0.4) is 0 Å². The van der Waals surface area contributed by atoms with Crippen LogP contribution in [-0.4, -0.2) is 10.9 Å². The second kappa shape index (κ2) is 8.75. The molecule has 0 aliphatic rings. The second-order valence-electron chi connectivity index (χ2n) is 7.19. The van der Waals surface area contributed by atoms with E-state index in [2.05, 4.69) is 5.32 Å². The Labute approximate surface area is 199 Å². The Morgan fingerprint density at radius 1 is 0.812 bits per heavy atom. The summed E-state index contributed by atoms with van der Waals surface area (Å²) < 4.78 is 1.05. The second-order valence-corrected chi connectivity index (χ2v) is 9.07. The van der Waals surface area contributed by atoms with Gasteiger partial charge in [0.15, 0.2) is 0 Å². The first kappa shape index (κ1) is 20.7. The summed E-state index contributed by atoms with van der Waals surface area (Å²) >= 11 is 14.3. The predicted octanol–water partition coefficient (Wildman–Crippen LogP) is 8.19. The Morgan fingerprint density at radius 2 is 1.50 bits per heavy atom. The van der Waals surface area contributed by atoms with Crippen LogP contribution in [0.1, 0.15) is 10.4 Å². The molecule has 5 rings (SSSR count). The highest BCUT2D eigenvalue weighted by molar-refractivity contribution is 7.21. The molecular formula is C26H16Cl2N2OS. The highest BCUT2D eigenvalue weighted by Gasteiger charge is 2.18. The molecule has 6 heteroatoms. The largest absolute Gasteiger partial charge is 0.320 e. The molecule has 32 heavy (non-hydrogen) atoms. The number of rotatable bonds is 4. The maximum absolute atomic E-state index is 13.0. The van der Waals surface area contributed by atoms with Gasteiger partial charge in [0.2, 0.25) is 0 Å². The number of amides is 1. The summed E-state index contributed by atoms with van der Waals surface area (Å²) in [5.74, 6) is -0.254. The fourth-order valence-electron chi connectivity index (χ4n) is 3.49. The van der Waals surface area contributed by atoms with Gasteiger partial charge in [0.25, 0.3) is 5.91 Å². The zero-order valence-electron chi connectivity index (χ0n) is 16.7. The standard InChI is InChI=1S/C26H16Cl2N2OS/c27-19-14-20(26-29-22-8-4-5-9-23(22)32-26)24(21(28)15-19)30-25(31)18-12-10-17(11-13-18)16-6-2-1-3-7-16/h1-15H,(H,30,31). The molecule has 0 aliphatic heterocycles. The van der Waals surface area contributed by atoms with Crippen LogP contribution in [0.15, 0.2) is 91.0 Å². The lowest BCUT2D eigenvalue weighted by molar-refractivity contribution is 0.102. The van der Waals surface area contributed by atoms with Gasteiger partial charge < -0.3 is 5.32 Å². The molecule has 1 heterocycles. The summed E-state index contributed by atoms with van der Waals surface area (Å²) in [4.78, 5) is 17.7. The number of carbonyl (C=O) groups is 1. The molecule has 5 aromatic rings. The number of carbonyl (C=O) groups excluding carboxylic acids is 1. The number of fused-ring (bicyclic) bond motifs is 1. The van der Waals surface area contributed by atoms with Crippen LogP contribution < -0.4 is 5.32 Å². The molecule has 0 radical (unpaired) electrons. The molecule has 156 valence electrons. The van der Waals surface area contributed by atoms with Crippen molar-refractivity contribution >= 4 is 56.3 Å². The highest BCUT2D eigenvalue weighted by Crippen LogP contribution is 2.40. The van der Waals surface area contributed by atoms with E-state index >= 15 is 0 Å². The van der Waals surface area contributed by atoms with E-state index in [-0.39, 0.29) is 5.91 Å². The van der Waals surface area contributed by atoms with E-state index in [1.54, 1.807) is 24.3 Å². The molecule has 0 saturated heterocycles. The Bertz CT molecular complexity index is 1400. The van der Waals surface area contributed by atoms with Crippen LogP contribution in [0.4, 0.5) is 5.69 Å².